The lowest BCUT2D eigenvalue weighted by molar-refractivity contribution is 0.171. The number of methoxy groups -OCH3 is 1. The Morgan fingerprint density at radius 2 is 1.93 bits per heavy atom. The number of nitrogens with zero attached hydrogens (tertiary/aromatic N) is 1. The lowest BCUT2D eigenvalue weighted by atomic mass is 10.1. The van der Waals surface area contributed by atoms with Gasteiger partial charge in [-0.2, -0.15) is 0 Å². The first-order chi connectivity index (χ1) is 14.2. The SMILES string of the molecule is COc1ccc(CCNC(=O)Nc2nc(-c3ccc4c(c3)OCCO4)cs2)cc1. The van der Waals surface area contributed by atoms with Gasteiger partial charge in [0.15, 0.2) is 16.6 Å². The lowest BCUT2D eigenvalue weighted by Crippen LogP contribution is -2.30. The summed E-state index contributed by atoms with van der Waals surface area (Å²) in [6.07, 6.45) is 0.734. The predicted octanol–water partition coefficient (Wildman–Crippen LogP) is 3.95. The number of hydrogen-bond donors (Lipinski definition) is 2. The van der Waals surface area contributed by atoms with Crippen LogP contribution in [-0.2, 0) is 6.42 Å². The minimum Gasteiger partial charge on any atom is -0.497 e. The zero-order valence-electron chi connectivity index (χ0n) is 15.9. The van der Waals surface area contributed by atoms with Crippen molar-refractivity contribution >= 4 is 22.5 Å². The highest BCUT2D eigenvalue weighted by atomic mass is 32.1. The van der Waals surface area contributed by atoms with Gasteiger partial charge in [0.05, 0.1) is 12.8 Å². The van der Waals surface area contributed by atoms with Crippen LogP contribution < -0.4 is 24.8 Å². The summed E-state index contributed by atoms with van der Waals surface area (Å²) in [6, 6.07) is 13.2. The third-order valence-corrected chi connectivity index (χ3v) is 5.18. The second-order valence-electron chi connectivity index (χ2n) is 6.38. The van der Waals surface area contributed by atoms with Gasteiger partial charge >= 0.3 is 6.03 Å². The van der Waals surface area contributed by atoms with Gasteiger partial charge in [0.1, 0.15) is 19.0 Å². The van der Waals surface area contributed by atoms with Crippen molar-refractivity contribution in [3.63, 3.8) is 0 Å². The number of anilines is 1. The summed E-state index contributed by atoms with van der Waals surface area (Å²) < 4.78 is 16.3. The molecule has 2 aromatic carbocycles. The monoisotopic (exact) mass is 411 g/mol. The molecule has 29 heavy (non-hydrogen) atoms. The molecule has 0 bridgehead atoms. The number of rotatable bonds is 6. The van der Waals surface area contributed by atoms with E-state index in [2.05, 4.69) is 15.6 Å². The lowest BCUT2D eigenvalue weighted by Gasteiger charge is -2.18. The Morgan fingerprint density at radius 3 is 2.72 bits per heavy atom. The van der Waals surface area contributed by atoms with Gasteiger partial charge in [0, 0.05) is 17.5 Å². The van der Waals surface area contributed by atoms with E-state index < -0.39 is 0 Å². The van der Waals surface area contributed by atoms with E-state index in [1.54, 1.807) is 7.11 Å². The number of carbonyl (C=O) groups is 1. The van der Waals surface area contributed by atoms with Gasteiger partial charge in [-0.25, -0.2) is 9.78 Å². The number of fused-ring (bicyclic) bond motifs is 1. The molecule has 0 fully saturated rings. The fraction of sp³-hybridized carbons (Fsp3) is 0.238. The Kier molecular flexibility index (Phi) is 5.81. The highest BCUT2D eigenvalue weighted by Crippen LogP contribution is 2.35. The summed E-state index contributed by atoms with van der Waals surface area (Å²) >= 11 is 1.38. The van der Waals surface area contributed by atoms with Crippen molar-refractivity contribution in [3.8, 4) is 28.5 Å². The van der Waals surface area contributed by atoms with Gasteiger partial charge in [-0.05, 0) is 42.3 Å². The second kappa shape index (κ2) is 8.83. The molecule has 2 amide bonds. The van der Waals surface area contributed by atoms with E-state index in [1.165, 1.54) is 11.3 Å². The standard InChI is InChI=1S/C21H21N3O4S/c1-26-16-5-2-14(3-6-16)8-9-22-20(25)24-21-23-17(13-29-21)15-4-7-18-19(12-15)28-11-10-27-18/h2-7,12-13H,8-11H2,1H3,(H2,22,23,24,25). The van der Waals surface area contributed by atoms with Crippen LogP contribution in [-0.4, -0.2) is 37.9 Å². The molecule has 3 aromatic rings. The fourth-order valence-corrected chi connectivity index (χ4v) is 3.64. The van der Waals surface area contributed by atoms with Gasteiger partial charge in [0.2, 0.25) is 0 Å². The molecule has 0 spiro atoms. The molecule has 0 saturated heterocycles. The molecule has 150 valence electrons. The van der Waals surface area contributed by atoms with E-state index in [0.29, 0.717) is 30.6 Å². The van der Waals surface area contributed by atoms with Gasteiger partial charge in [0.25, 0.3) is 0 Å². The largest absolute Gasteiger partial charge is 0.497 e. The molecule has 4 rings (SSSR count). The van der Waals surface area contributed by atoms with E-state index in [9.17, 15) is 4.79 Å². The van der Waals surface area contributed by atoms with Crippen LogP contribution in [0.5, 0.6) is 17.2 Å². The van der Waals surface area contributed by atoms with Gasteiger partial charge in [-0.15, -0.1) is 11.3 Å². The smallest absolute Gasteiger partial charge is 0.321 e. The molecule has 1 aliphatic heterocycles. The van der Waals surface area contributed by atoms with Crippen LogP contribution in [0, 0.1) is 0 Å². The second-order valence-corrected chi connectivity index (χ2v) is 7.23. The summed E-state index contributed by atoms with van der Waals surface area (Å²) in [5, 5.41) is 8.07. The molecule has 8 heteroatoms. The third-order valence-electron chi connectivity index (χ3n) is 4.42. The number of urea groups is 1. The zero-order valence-corrected chi connectivity index (χ0v) is 16.8. The van der Waals surface area contributed by atoms with Crippen LogP contribution in [0.3, 0.4) is 0 Å². The number of thiazole rings is 1. The van der Waals surface area contributed by atoms with Crippen molar-refractivity contribution in [1.82, 2.24) is 10.3 Å². The van der Waals surface area contributed by atoms with E-state index in [4.69, 9.17) is 14.2 Å². The molecule has 0 saturated carbocycles. The van der Waals surface area contributed by atoms with Crippen molar-refractivity contribution in [1.29, 1.82) is 0 Å². The van der Waals surface area contributed by atoms with Crippen LogP contribution in [0.15, 0.2) is 47.8 Å². The van der Waals surface area contributed by atoms with E-state index in [-0.39, 0.29) is 6.03 Å². The average Bonchev–Trinajstić information content (AvgIpc) is 3.22. The first-order valence-corrected chi connectivity index (χ1v) is 10.1. The fourth-order valence-electron chi connectivity index (χ4n) is 2.92. The Hall–Kier alpha value is -3.26. The number of hydrogen-bond acceptors (Lipinski definition) is 6. The van der Waals surface area contributed by atoms with E-state index in [1.807, 2.05) is 47.8 Å². The average molecular weight is 411 g/mol. The van der Waals surface area contributed by atoms with Crippen molar-refractivity contribution in [2.45, 2.75) is 6.42 Å². The molecule has 0 atom stereocenters. The molecule has 0 radical (unpaired) electrons. The number of nitrogens with one attached hydrogen (secondary N) is 2. The molecular formula is C21H21N3O4S. The number of carbonyl (C=O) groups excluding carboxylic acids is 1. The van der Waals surface area contributed by atoms with Crippen LogP contribution in [0.4, 0.5) is 9.93 Å². The molecule has 2 heterocycles. The molecule has 7 nitrogen and oxygen atoms in total. The Morgan fingerprint density at radius 1 is 1.14 bits per heavy atom. The van der Waals surface area contributed by atoms with Gasteiger partial charge in [-0.3, -0.25) is 5.32 Å². The highest BCUT2D eigenvalue weighted by Gasteiger charge is 2.14. The van der Waals surface area contributed by atoms with Crippen molar-refractivity contribution in [3.05, 3.63) is 53.4 Å². The van der Waals surface area contributed by atoms with Crippen LogP contribution in [0.25, 0.3) is 11.3 Å². The summed E-state index contributed by atoms with van der Waals surface area (Å²) in [6.45, 7) is 1.63. The summed E-state index contributed by atoms with van der Waals surface area (Å²) in [5.74, 6) is 2.27. The molecule has 2 N–H and O–H groups in total. The van der Waals surface area contributed by atoms with E-state index >= 15 is 0 Å². The van der Waals surface area contributed by atoms with Crippen LogP contribution in [0.1, 0.15) is 5.56 Å². The number of amides is 2. The first kappa shape index (κ1) is 19.1. The van der Waals surface area contributed by atoms with E-state index in [0.717, 1.165) is 34.7 Å². The number of aromatic nitrogens is 1. The number of ether oxygens (including phenoxy) is 3. The Bertz CT molecular complexity index is 988. The maximum Gasteiger partial charge on any atom is 0.321 e. The summed E-state index contributed by atoms with van der Waals surface area (Å²) in [5.41, 5.74) is 2.82. The van der Waals surface area contributed by atoms with Gasteiger partial charge < -0.3 is 19.5 Å². The quantitative estimate of drug-likeness (QED) is 0.642. The van der Waals surface area contributed by atoms with Crippen molar-refractivity contribution < 1.29 is 19.0 Å². The maximum absolute atomic E-state index is 12.1. The zero-order chi connectivity index (χ0) is 20.1. The normalized spacial score (nSPS) is 12.3. The third kappa shape index (κ3) is 4.78. The summed E-state index contributed by atoms with van der Waals surface area (Å²) in [7, 11) is 1.64. The van der Waals surface area contributed by atoms with Crippen molar-refractivity contribution in [2.75, 3.05) is 32.2 Å². The van der Waals surface area contributed by atoms with Crippen LogP contribution >= 0.6 is 11.3 Å². The molecule has 1 aromatic heterocycles. The number of benzene rings is 2. The maximum atomic E-state index is 12.1. The molecular weight excluding hydrogens is 390 g/mol. The summed E-state index contributed by atoms with van der Waals surface area (Å²) in [4.78, 5) is 16.6. The first-order valence-electron chi connectivity index (χ1n) is 9.24. The Balaban J connectivity index is 1.30. The predicted molar refractivity (Wildman–Crippen MR) is 112 cm³/mol. The molecule has 0 unspecified atom stereocenters. The Labute approximate surface area is 172 Å². The minimum absolute atomic E-state index is 0.276. The highest BCUT2D eigenvalue weighted by molar-refractivity contribution is 7.14. The minimum atomic E-state index is -0.276. The van der Waals surface area contributed by atoms with Gasteiger partial charge in [-0.1, -0.05) is 12.1 Å². The topological polar surface area (TPSA) is 81.7 Å². The molecule has 1 aliphatic rings. The molecule has 0 aliphatic carbocycles. The van der Waals surface area contributed by atoms with Crippen LogP contribution in [0.2, 0.25) is 0 Å². The van der Waals surface area contributed by atoms with Crippen molar-refractivity contribution in [2.24, 2.45) is 0 Å².